The second kappa shape index (κ2) is 5.52. The molecule has 6 nitrogen and oxygen atoms in total. The SMILES string of the molecule is CCn1nc(C)c2nc(CCl)n(CCc3ccnn3C)c21. The fourth-order valence-electron chi connectivity index (χ4n) is 2.70. The van der Waals surface area contributed by atoms with Crippen LogP contribution in [0.1, 0.15) is 24.1 Å². The first-order chi connectivity index (χ1) is 10.2. The van der Waals surface area contributed by atoms with Gasteiger partial charge in [-0.3, -0.25) is 4.68 Å². The van der Waals surface area contributed by atoms with Gasteiger partial charge in [0, 0.05) is 38.4 Å². The molecule has 3 aromatic rings. The van der Waals surface area contributed by atoms with Crippen LogP contribution in [0.5, 0.6) is 0 Å². The maximum Gasteiger partial charge on any atom is 0.158 e. The van der Waals surface area contributed by atoms with Gasteiger partial charge in [0.2, 0.25) is 0 Å². The molecule has 3 rings (SSSR count). The van der Waals surface area contributed by atoms with Gasteiger partial charge < -0.3 is 4.57 Å². The highest BCUT2D eigenvalue weighted by Gasteiger charge is 2.17. The molecule has 0 saturated carbocycles. The Bertz CT molecular complexity index is 766. The van der Waals surface area contributed by atoms with Crippen molar-refractivity contribution in [3.8, 4) is 0 Å². The topological polar surface area (TPSA) is 53.5 Å². The minimum atomic E-state index is 0.406. The molecular formula is C14H19ClN6. The van der Waals surface area contributed by atoms with E-state index in [1.54, 1.807) is 0 Å². The predicted molar refractivity (Wildman–Crippen MR) is 82.4 cm³/mol. The fourth-order valence-corrected chi connectivity index (χ4v) is 2.90. The average Bonchev–Trinajstić information content (AvgIpc) is 3.13. The average molecular weight is 307 g/mol. The summed E-state index contributed by atoms with van der Waals surface area (Å²) >= 11 is 6.07. The summed E-state index contributed by atoms with van der Waals surface area (Å²) in [5.41, 5.74) is 4.17. The number of aromatic nitrogens is 6. The van der Waals surface area contributed by atoms with E-state index in [4.69, 9.17) is 11.6 Å². The van der Waals surface area contributed by atoms with Crippen LogP contribution in [0.15, 0.2) is 12.3 Å². The molecular weight excluding hydrogens is 288 g/mol. The quantitative estimate of drug-likeness (QED) is 0.680. The van der Waals surface area contributed by atoms with Crippen molar-refractivity contribution in [3.05, 3.63) is 29.5 Å². The second-order valence-electron chi connectivity index (χ2n) is 5.08. The Morgan fingerprint density at radius 2 is 2.14 bits per heavy atom. The number of hydrogen-bond acceptors (Lipinski definition) is 3. The monoisotopic (exact) mass is 306 g/mol. The van der Waals surface area contributed by atoms with Crippen LogP contribution in [0.3, 0.4) is 0 Å². The number of aryl methyl sites for hydroxylation is 5. The molecule has 0 fully saturated rings. The summed E-state index contributed by atoms with van der Waals surface area (Å²) in [6.07, 6.45) is 2.71. The van der Waals surface area contributed by atoms with Crippen molar-refractivity contribution in [2.45, 2.75) is 39.2 Å². The van der Waals surface area contributed by atoms with Crippen LogP contribution in [0.2, 0.25) is 0 Å². The van der Waals surface area contributed by atoms with Crippen LogP contribution in [-0.2, 0) is 32.4 Å². The van der Waals surface area contributed by atoms with Gasteiger partial charge in [0.05, 0.1) is 11.6 Å². The summed E-state index contributed by atoms with van der Waals surface area (Å²) in [7, 11) is 1.96. The minimum absolute atomic E-state index is 0.406. The van der Waals surface area contributed by atoms with Crippen molar-refractivity contribution in [2.24, 2.45) is 7.05 Å². The fraction of sp³-hybridized carbons (Fsp3) is 0.500. The molecule has 0 unspecified atom stereocenters. The molecule has 0 bridgehead atoms. The van der Waals surface area contributed by atoms with E-state index in [1.807, 2.05) is 35.6 Å². The van der Waals surface area contributed by atoms with Gasteiger partial charge in [0.15, 0.2) is 5.65 Å². The van der Waals surface area contributed by atoms with Crippen LogP contribution < -0.4 is 0 Å². The summed E-state index contributed by atoms with van der Waals surface area (Å²) in [5, 5.41) is 8.75. The highest BCUT2D eigenvalue weighted by Crippen LogP contribution is 2.21. The third-order valence-corrected chi connectivity index (χ3v) is 4.05. The molecule has 0 aliphatic carbocycles. The number of imidazole rings is 1. The highest BCUT2D eigenvalue weighted by molar-refractivity contribution is 6.16. The third kappa shape index (κ3) is 2.33. The highest BCUT2D eigenvalue weighted by atomic mass is 35.5. The zero-order valence-corrected chi connectivity index (χ0v) is 13.3. The zero-order chi connectivity index (χ0) is 15.0. The van der Waals surface area contributed by atoms with Gasteiger partial charge in [0.25, 0.3) is 0 Å². The van der Waals surface area contributed by atoms with E-state index in [0.29, 0.717) is 5.88 Å². The number of hydrogen-bond donors (Lipinski definition) is 0. The smallest absolute Gasteiger partial charge is 0.158 e. The Morgan fingerprint density at radius 3 is 2.76 bits per heavy atom. The molecule has 21 heavy (non-hydrogen) atoms. The molecule has 3 heterocycles. The molecule has 0 radical (unpaired) electrons. The summed E-state index contributed by atoms with van der Waals surface area (Å²) < 4.78 is 6.08. The van der Waals surface area contributed by atoms with Crippen molar-refractivity contribution >= 4 is 22.8 Å². The Hall–Kier alpha value is -1.82. The Morgan fingerprint density at radius 1 is 1.33 bits per heavy atom. The molecule has 7 heteroatoms. The predicted octanol–water partition coefficient (Wildman–Crippen LogP) is 2.28. The Kier molecular flexibility index (Phi) is 3.71. The molecule has 0 aromatic carbocycles. The van der Waals surface area contributed by atoms with Gasteiger partial charge >= 0.3 is 0 Å². The first kappa shape index (κ1) is 14.1. The maximum absolute atomic E-state index is 6.07. The molecule has 0 amide bonds. The largest absolute Gasteiger partial charge is 0.311 e. The first-order valence-electron chi connectivity index (χ1n) is 7.11. The first-order valence-corrected chi connectivity index (χ1v) is 7.64. The van der Waals surface area contributed by atoms with Crippen molar-refractivity contribution in [1.82, 2.24) is 29.1 Å². The van der Waals surface area contributed by atoms with Crippen molar-refractivity contribution in [3.63, 3.8) is 0 Å². The van der Waals surface area contributed by atoms with E-state index in [0.717, 1.165) is 42.2 Å². The molecule has 0 aliphatic rings. The number of alkyl halides is 1. The molecule has 0 spiro atoms. The number of nitrogens with zero attached hydrogens (tertiary/aromatic N) is 6. The molecule has 0 aliphatic heterocycles. The normalized spacial score (nSPS) is 11.6. The van der Waals surface area contributed by atoms with Gasteiger partial charge in [-0.25, -0.2) is 9.67 Å². The number of halogens is 1. The lowest BCUT2D eigenvalue weighted by Crippen LogP contribution is -2.11. The zero-order valence-electron chi connectivity index (χ0n) is 12.5. The van der Waals surface area contributed by atoms with Crippen LogP contribution in [0.25, 0.3) is 11.2 Å². The van der Waals surface area contributed by atoms with E-state index in [9.17, 15) is 0 Å². The molecule has 3 aromatic heterocycles. The summed E-state index contributed by atoms with van der Waals surface area (Å²) in [6.45, 7) is 5.72. The van der Waals surface area contributed by atoms with E-state index in [2.05, 4.69) is 26.7 Å². The lowest BCUT2D eigenvalue weighted by molar-refractivity contribution is 0.598. The van der Waals surface area contributed by atoms with E-state index < -0.39 is 0 Å². The number of fused-ring (bicyclic) bond motifs is 1. The van der Waals surface area contributed by atoms with Gasteiger partial charge in [-0.2, -0.15) is 10.2 Å². The van der Waals surface area contributed by atoms with Gasteiger partial charge in [-0.15, -0.1) is 11.6 Å². The number of rotatable bonds is 5. The van der Waals surface area contributed by atoms with Gasteiger partial charge in [-0.1, -0.05) is 0 Å². The minimum Gasteiger partial charge on any atom is -0.311 e. The summed E-state index contributed by atoms with van der Waals surface area (Å²) in [6, 6.07) is 2.04. The molecule has 0 N–H and O–H groups in total. The second-order valence-corrected chi connectivity index (χ2v) is 5.35. The lowest BCUT2D eigenvalue weighted by atomic mass is 10.3. The van der Waals surface area contributed by atoms with Crippen LogP contribution in [-0.4, -0.2) is 29.1 Å². The molecule has 112 valence electrons. The van der Waals surface area contributed by atoms with Gasteiger partial charge in [0.1, 0.15) is 11.3 Å². The van der Waals surface area contributed by atoms with Crippen LogP contribution in [0, 0.1) is 6.92 Å². The van der Waals surface area contributed by atoms with Gasteiger partial charge in [-0.05, 0) is 19.9 Å². The summed E-state index contributed by atoms with van der Waals surface area (Å²) in [4.78, 5) is 4.65. The molecule has 0 atom stereocenters. The van der Waals surface area contributed by atoms with Crippen molar-refractivity contribution < 1.29 is 0 Å². The third-order valence-electron chi connectivity index (χ3n) is 3.81. The lowest BCUT2D eigenvalue weighted by Gasteiger charge is -2.09. The Balaban J connectivity index is 2.01. The van der Waals surface area contributed by atoms with Crippen LogP contribution in [0.4, 0.5) is 0 Å². The Labute approximate surface area is 128 Å². The van der Waals surface area contributed by atoms with E-state index >= 15 is 0 Å². The molecule has 0 saturated heterocycles. The van der Waals surface area contributed by atoms with Crippen molar-refractivity contribution in [2.75, 3.05) is 0 Å². The van der Waals surface area contributed by atoms with E-state index in [1.165, 1.54) is 5.69 Å². The standard InChI is InChI=1S/C14H19ClN6/c1-4-21-14-13(10(2)18-21)17-12(9-15)20(14)8-6-11-5-7-16-19(11)3/h5,7H,4,6,8-9H2,1-3H3. The van der Waals surface area contributed by atoms with E-state index in [-0.39, 0.29) is 0 Å². The van der Waals surface area contributed by atoms with Crippen LogP contribution >= 0.6 is 11.6 Å². The van der Waals surface area contributed by atoms with Crippen molar-refractivity contribution in [1.29, 1.82) is 0 Å². The summed E-state index contributed by atoms with van der Waals surface area (Å²) in [5.74, 6) is 1.31. The maximum atomic E-state index is 6.07.